The molecule has 1 rings (SSSR count). The van der Waals surface area contributed by atoms with Gasteiger partial charge in [-0.3, -0.25) is 4.99 Å². The summed E-state index contributed by atoms with van der Waals surface area (Å²) in [6.07, 6.45) is 5.08. The predicted octanol–water partition coefficient (Wildman–Crippen LogP) is 0.980. The van der Waals surface area contributed by atoms with Crippen LogP contribution in [0.3, 0.4) is 0 Å². The molecular weight excluding hydrogens is 114 g/mol. The van der Waals surface area contributed by atoms with Gasteiger partial charge in [-0.25, -0.2) is 0 Å². The quantitative estimate of drug-likeness (QED) is 0.466. The van der Waals surface area contributed by atoms with Gasteiger partial charge in [0.2, 0.25) is 0 Å². The Morgan fingerprint density at radius 2 is 2.43 bits per heavy atom. The van der Waals surface area contributed by atoms with Crippen LogP contribution >= 0.6 is 12.4 Å². The molecule has 1 aliphatic heterocycles. The van der Waals surface area contributed by atoms with Crippen molar-refractivity contribution in [1.29, 1.82) is 0 Å². The van der Waals surface area contributed by atoms with Gasteiger partial charge in [-0.15, -0.1) is 12.4 Å². The second-order valence-electron chi connectivity index (χ2n) is 0.956. The summed E-state index contributed by atoms with van der Waals surface area (Å²) in [5, 5.41) is 0. The van der Waals surface area contributed by atoms with Crippen LogP contribution in [0.5, 0.6) is 0 Å². The molecule has 0 saturated carbocycles. The van der Waals surface area contributed by atoms with Crippen molar-refractivity contribution in [1.82, 2.24) is 0 Å². The highest BCUT2D eigenvalue weighted by molar-refractivity contribution is 5.85. The maximum Gasteiger partial charge on any atom is 0.178 e. The highest BCUT2D eigenvalue weighted by Crippen LogP contribution is 1.81. The fourth-order valence-corrected chi connectivity index (χ4v) is 0.281. The Balaban J connectivity index is 0.000000360. The zero-order valence-corrected chi connectivity index (χ0v) is 4.52. The second-order valence-corrected chi connectivity index (χ2v) is 0.956. The third-order valence-corrected chi connectivity index (χ3v) is 0.515. The van der Waals surface area contributed by atoms with Crippen LogP contribution in [0.4, 0.5) is 0 Å². The lowest BCUT2D eigenvalue weighted by atomic mass is 10.7. The number of halogens is 1. The highest BCUT2D eigenvalue weighted by Gasteiger charge is 1.75. The molecule has 0 fully saturated rings. The van der Waals surface area contributed by atoms with E-state index in [1.54, 1.807) is 18.6 Å². The first-order valence-electron chi connectivity index (χ1n) is 1.77. The van der Waals surface area contributed by atoms with Crippen molar-refractivity contribution in [3.8, 4) is 0 Å². The van der Waals surface area contributed by atoms with Crippen LogP contribution in [0.2, 0.25) is 0 Å². The van der Waals surface area contributed by atoms with Gasteiger partial charge in [0, 0.05) is 6.21 Å². The zero-order valence-electron chi connectivity index (χ0n) is 3.70. The molecule has 7 heavy (non-hydrogen) atoms. The van der Waals surface area contributed by atoms with Crippen LogP contribution < -0.4 is 0 Å². The summed E-state index contributed by atoms with van der Waals surface area (Å²) in [5.41, 5.74) is 0. The Morgan fingerprint density at radius 3 is 2.57 bits per heavy atom. The smallest absolute Gasteiger partial charge is 0.178 e. The van der Waals surface area contributed by atoms with Gasteiger partial charge >= 0.3 is 0 Å². The second kappa shape index (κ2) is 3.68. The topological polar surface area (TPSA) is 21.6 Å². The molecule has 0 bridgehead atoms. The van der Waals surface area contributed by atoms with E-state index in [2.05, 4.69) is 4.99 Å². The van der Waals surface area contributed by atoms with Crippen molar-refractivity contribution < 1.29 is 4.74 Å². The first-order chi connectivity index (χ1) is 3.00. The molecule has 0 aliphatic carbocycles. The van der Waals surface area contributed by atoms with Crippen LogP contribution in [0, 0.1) is 0 Å². The summed E-state index contributed by atoms with van der Waals surface area (Å²) in [5.74, 6) is 0. The molecule has 0 N–H and O–H groups in total. The van der Waals surface area contributed by atoms with E-state index in [4.69, 9.17) is 4.74 Å². The first kappa shape index (κ1) is 6.50. The lowest BCUT2D eigenvalue weighted by Gasteiger charge is -1.94. The highest BCUT2D eigenvalue weighted by atomic mass is 35.5. The molecule has 0 aromatic heterocycles. The lowest BCUT2D eigenvalue weighted by molar-refractivity contribution is 0.259. The van der Waals surface area contributed by atoms with Crippen LogP contribution in [0.25, 0.3) is 0 Å². The first-order valence-corrected chi connectivity index (χ1v) is 1.77. The van der Waals surface area contributed by atoms with E-state index in [0.717, 1.165) is 0 Å². The number of hydrogen-bond donors (Lipinski definition) is 0. The molecule has 0 unspecified atom stereocenters. The number of aliphatic imine (C=N–C) groups is 1. The van der Waals surface area contributed by atoms with Crippen molar-refractivity contribution in [2.45, 2.75) is 0 Å². The van der Waals surface area contributed by atoms with Crippen molar-refractivity contribution in [2.75, 3.05) is 6.73 Å². The van der Waals surface area contributed by atoms with Crippen molar-refractivity contribution in [3.63, 3.8) is 0 Å². The summed E-state index contributed by atoms with van der Waals surface area (Å²) >= 11 is 0. The summed E-state index contributed by atoms with van der Waals surface area (Å²) in [6, 6.07) is 0. The molecule has 0 radical (unpaired) electrons. The minimum absolute atomic E-state index is 0. The Labute approximate surface area is 48.3 Å². The predicted molar refractivity (Wildman–Crippen MR) is 30.8 cm³/mol. The van der Waals surface area contributed by atoms with Crippen LogP contribution in [0.15, 0.2) is 17.3 Å². The summed E-state index contributed by atoms with van der Waals surface area (Å²) in [7, 11) is 0. The van der Waals surface area contributed by atoms with Gasteiger partial charge in [-0.05, 0) is 6.08 Å². The molecule has 0 atom stereocenters. The minimum atomic E-state index is 0. The van der Waals surface area contributed by atoms with Gasteiger partial charge < -0.3 is 4.74 Å². The fourth-order valence-electron chi connectivity index (χ4n) is 0.281. The van der Waals surface area contributed by atoms with Gasteiger partial charge in [0.25, 0.3) is 0 Å². The van der Waals surface area contributed by atoms with Gasteiger partial charge in [0.05, 0.1) is 6.26 Å². The van der Waals surface area contributed by atoms with E-state index >= 15 is 0 Å². The van der Waals surface area contributed by atoms with Gasteiger partial charge in [0.15, 0.2) is 6.73 Å². The average Bonchev–Trinajstić information content (AvgIpc) is 1.72. The van der Waals surface area contributed by atoms with E-state index in [1.165, 1.54) is 0 Å². The summed E-state index contributed by atoms with van der Waals surface area (Å²) in [4.78, 5) is 3.74. The van der Waals surface area contributed by atoms with Crippen molar-refractivity contribution in [2.24, 2.45) is 4.99 Å². The normalized spacial score (nSPS) is 14.9. The molecule has 2 nitrogen and oxygen atoms in total. The van der Waals surface area contributed by atoms with E-state index in [0.29, 0.717) is 6.73 Å². The molecular formula is C4H6ClNO. The maximum absolute atomic E-state index is 4.69. The molecule has 0 aromatic carbocycles. The number of rotatable bonds is 0. The zero-order chi connectivity index (χ0) is 4.24. The number of nitrogens with zero attached hydrogens (tertiary/aromatic N) is 1. The molecule has 1 heterocycles. The third kappa shape index (κ3) is 2.23. The molecule has 0 aromatic rings. The molecule has 40 valence electrons. The lowest BCUT2D eigenvalue weighted by Crippen LogP contribution is -1.86. The number of hydrogen-bond acceptors (Lipinski definition) is 2. The van der Waals surface area contributed by atoms with E-state index in [-0.39, 0.29) is 12.4 Å². The van der Waals surface area contributed by atoms with Gasteiger partial charge in [-0.2, -0.15) is 0 Å². The van der Waals surface area contributed by atoms with E-state index in [9.17, 15) is 0 Å². The SMILES string of the molecule is C1=COCN=C1.Cl. The minimum Gasteiger partial charge on any atom is -0.479 e. The van der Waals surface area contributed by atoms with Crippen LogP contribution in [0.1, 0.15) is 0 Å². The van der Waals surface area contributed by atoms with Gasteiger partial charge in [0.1, 0.15) is 0 Å². The van der Waals surface area contributed by atoms with E-state index in [1.807, 2.05) is 0 Å². The molecule has 0 spiro atoms. The monoisotopic (exact) mass is 119 g/mol. The van der Waals surface area contributed by atoms with Crippen LogP contribution in [-0.4, -0.2) is 12.9 Å². The number of allylic oxidation sites excluding steroid dienone is 1. The number of ether oxygens (including phenoxy) is 1. The Morgan fingerprint density at radius 1 is 1.57 bits per heavy atom. The van der Waals surface area contributed by atoms with Crippen molar-refractivity contribution in [3.05, 3.63) is 12.3 Å². The molecule has 0 saturated heterocycles. The Kier molecular flexibility index (Phi) is 3.42. The largest absolute Gasteiger partial charge is 0.479 e. The molecule has 3 heteroatoms. The summed E-state index contributed by atoms with van der Waals surface area (Å²) in [6.45, 7) is 0.483. The standard InChI is InChI=1S/C4H5NO.ClH/c1-2-5-4-6-3-1;/h1-3H,4H2;1H. The van der Waals surface area contributed by atoms with E-state index < -0.39 is 0 Å². The Bertz CT molecular complexity index is 77.7. The fraction of sp³-hybridized carbons (Fsp3) is 0.250. The summed E-state index contributed by atoms with van der Waals surface area (Å²) < 4.78 is 4.69. The molecule has 0 amide bonds. The third-order valence-electron chi connectivity index (χ3n) is 0.515. The van der Waals surface area contributed by atoms with Crippen molar-refractivity contribution >= 4 is 18.6 Å². The van der Waals surface area contributed by atoms with Crippen LogP contribution in [-0.2, 0) is 4.74 Å². The van der Waals surface area contributed by atoms with Gasteiger partial charge in [-0.1, -0.05) is 0 Å². The maximum atomic E-state index is 4.69. The average molecular weight is 120 g/mol. The Hall–Kier alpha value is -0.500. The molecule has 1 aliphatic rings.